The molecule has 0 N–H and O–H groups in total. The number of fused-ring (bicyclic) bond motifs is 8. The van der Waals surface area contributed by atoms with E-state index in [0.29, 0.717) is 0 Å². The SMILES string of the molecule is c1ccc(-n2c(-c3ccc(-c4c5ccccc5c(-c5cc6cccc7c8ccccc8c8ccccc8c8cccc5c8c67)c5ccccc45)cc3)nc3ccccc32)cc1. The Hall–Kier alpha value is -8.07. The van der Waals surface area contributed by atoms with E-state index in [0.717, 1.165) is 28.1 Å². The molecule has 12 aromatic carbocycles. The summed E-state index contributed by atoms with van der Waals surface area (Å²) in [6.07, 6.45) is 0. The molecular formula is C59H36N2. The summed E-state index contributed by atoms with van der Waals surface area (Å²) in [5.41, 5.74) is 9.18. The maximum atomic E-state index is 5.17. The maximum Gasteiger partial charge on any atom is 0.145 e. The van der Waals surface area contributed by atoms with Gasteiger partial charge in [0.1, 0.15) is 5.82 Å². The lowest BCUT2D eigenvalue weighted by atomic mass is 9.82. The molecule has 13 aromatic rings. The highest BCUT2D eigenvalue weighted by Gasteiger charge is 2.22. The summed E-state index contributed by atoms with van der Waals surface area (Å²) in [7, 11) is 0. The number of hydrogen-bond acceptors (Lipinski definition) is 1. The van der Waals surface area contributed by atoms with Crippen molar-refractivity contribution in [1.82, 2.24) is 9.55 Å². The Bertz CT molecular complexity index is 3860. The van der Waals surface area contributed by atoms with Gasteiger partial charge in [0.05, 0.1) is 11.0 Å². The van der Waals surface area contributed by atoms with Gasteiger partial charge >= 0.3 is 0 Å². The zero-order valence-corrected chi connectivity index (χ0v) is 33.2. The van der Waals surface area contributed by atoms with Gasteiger partial charge in [-0.05, 0) is 128 Å². The van der Waals surface area contributed by atoms with Crippen molar-refractivity contribution in [1.29, 1.82) is 0 Å². The molecule has 1 aromatic heterocycles. The fourth-order valence-electron chi connectivity index (χ4n) is 10.4. The number of benzene rings is 11. The Morgan fingerprint density at radius 1 is 0.311 bits per heavy atom. The van der Waals surface area contributed by atoms with Crippen LogP contribution in [0.5, 0.6) is 0 Å². The van der Waals surface area contributed by atoms with E-state index in [1.807, 2.05) is 0 Å². The largest absolute Gasteiger partial charge is 0.292 e. The number of imidazole rings is 1. The van der Waals surface area contributed by atoms with Gasteiger partial charge < -0.3 is 0 Å². The van der Waals surface area contributed by atoms with Crippen molar-refractivity contribution in [2.45, 2.75) is 0 Å². The maximum absolute atomic E-state index is 5.17. The molecule has 0 amide bonds. The Morgan fingerprint density at radius 3 is 1.41 bits per heavy atom. The monoisotopic (exact) mass is 772 g/mol. The van der Waals surface area contributed by atoms with Crippen LogP contribution in [-0.2, 0) is 0 Å². The van der Waals surface area contributed by atoms with Gasteiger partial charge in [-0.2, -0.15) is 0 Å². The third-order valence-corrected chi connectivity index (χ3v) is 12.9. The summed E-state index contributed by atoms with van der Waals surface area (Å²) in [6.45, 7) is 0. The Balaban J connectivity index is 1.09. The Labute approximate surface area is 352 Å². The van der Waals surface area contributed by atoms with E-state index in [9.17, 15) is 0 Å². The lowest BCUT2D eigenvalue weighted by Gasteiger charge is -2.21. The zero-order valence-electron chi connectivity index (χ0n) is 33.2. The standard InChI is InChI=1S/C59H36N2/c1-2-17-40(18-3-1)61-54-31-13-12-30-53(54)60-59(61)38-34-32-37(33-35-38)55-47-23-8-10-25-49(47)57(50-26-11-9-24-48(50)55)52-36-39-16-14-27-45-43-21-6-4-19-41(43)42-20-5-7-22-44(42)46-28-15-29-51(52)58(46)56(39)45/h1-36H. The fourth-order valence-corrected chi connectivity index (χ4v) is 10.4. The molecule has 0 fully saturated rings. The highest BCUT2D eigenvalue weighted by Crippen LogP contribution is 2.49. The molecule has 0 aliphatic rings. The topological polar surface area (TPSA) is 17.8 Å². The predicted molar refractivity (Wildman–Crippen MR) is 260 cm³/mol. The smallest absolute Gasteiger partial charge is 0.145 e. The van der Waals surface area contributed by atoms with Crippen LogP contribution in [0.4, 0.5) is 0 Å². The number of rotatable bonds is 4. The van der Waals surface area contributed by atoms with E-state index in [4.69, 9.17) is 4.98 Å². The lowest BCUT2D eigenvalue weighted by molar-refractivity contribution is 1.10. The van der Waals surface area contributed by atoms with Crippen LogP contribution in [0.15, 0.2) is 218 Å². The second kappa shape index (κ2) is 13.2. The van der Waals surface area contributed by atoms with E-state index < -0.39 is 0 Å². The molecule has 0 aliphatic heterocycles. The van der Waals surface area contributed by atoms with Gasteiger partial charge in [-0.1, -0.05) is 188 Å². The quantitative estimate of drug-likeness (QED) is 0.129. The molecule has 0 atom stereocenters. The molecule has 0 bridgehead atoms. The van der Waals surface area contributed by atoms with E-state index in [1.165, 1.54) is 97.7 Å². The van der Waals surface area contributed by atoms with Crippen molar-refractivity contribution >= 4 is 86.4 Å². The second-order valence-corrected chi connectivity index (χ2v) is 16.2. The van der Waals surface area contributed by atoms with Crippen molar-refractivity contribution in [3.8, 4) is 39.3 Å². The van der Waals surface area contributed by atoms with Gasteiger partial charge in [0.2, 0.25) is 0 Å². The summed E-state index contributed by atoms with van der Waals surface area (Å²) < 4.78 is 2.27. The summed E-state index contributed by atoms with van der Waals surface area (Å²) in [4.78, 5) is 5.17. The minimum Gasteiger partial charge on any atom is -0.292 e. The van der Waals surface area contributed by atoms with Crippen molar-refractivity contribution in [2.75, 3.05) is 0 Å². The number of para-hydroxylation sites is 3. The first kappa shape index (κ1) is 33.9. The average molecular weight is 773 g/mol. The number of nitrogens with zero attached hydrogens (tertiary/aromatic N) is 2. The van der Waals surface area contributed by atoms with E-state index in [2.05, 4.69) is 223 Å². The lowest BCUT2D eigenvalue weighted by Crippen LogP contribution is -1.97. The molecule has 282 valence electrons. The highest BCUT2D eigenvalue weighted by atomic mass is 15.1. The molecule has 61 heavy (non-hydrogen) atoms. The average Bonchev–Trinajstić information content (AvgIpc) is 3.72. The van der Waals surface area contributed by atoms with Crippen LogP contribution in [0, 0.1) is 0 Å². The molecule has 0 radical (unpaired) electrons. The van der Waals surface area contributed by atoms with Crippen molar-refractivity contribution in [3.05, 3.63) is 218 Å². The zero-order chi connectivity index (χ0) is 40.0. The van der Waals surface area contributed by atoms with Gasteiger partial charge in [0.25, 0.3) is 0 Å². The van der Waals surface area contributed by atoms with Crippen molar-refractivity contribution < 1.29 is 0 Å². The van der Waals surface area contributed by atoms with Gasteiger partial charge in [-0.25, -0.2) is 4.98 Å². The number of hydrogen-bond donors (Lipinski definition) is 0. The summed E-state index contributed by atoms with van der Waals surface area (Å²) >= 11 is 0. The van der Waals surface area contributed by atoms with Crippen molar-refractivity contribution in [3.63, 3.8) is 0 Å². The highest BCUT2D eigenvalue weighted by molar-refractivity contribution is 6.36. The van der Waals surface area contributed by atoms with Gasteiger partial charge in [-0.3, -0.25) is 4.57 Å². The fraction of sp³-hybridized carbons (Fsp3) is 0. The van der Waals surface area contributed by atoms with Gasteiger partial charge in [0.15, 0.2) is 0 Å². The van der Waals surface area contributed by atoms with Crippen LogP contribution in [0.25, 0.3) is 126 Å². The first-order valence-corrected chi connectivity index (χ1v) is 21.1. The molecule has 13 rings (SSSR count). The normalized spacial score (nSPS) is 11.9. The molecular weight excluding hydrogens is 737 g/mol. The van der Waals surface area contributed by atoms with Crippen LogP contribution in [0.1, 0.15) is 0 Å². The van der Waals surface area contributed by atoms with Crippen LogP contribution in [0.2, 0.25) is 0 Å². The molecule has 2 nitrogen and oxygen atoms in total. The van der Waals surface area contributed by atoms with Gasteiger partial charge in [-0.15, -0.1) is 0 Å². The van der Waals surface area contributed by atoms with Crippen LogP contribution >= 0.6 is 0 Å². The minimum absolute atomic E-state index is 0.931. The number of aromatic nitrogens is 2. The molecule has 0 saturated heterocycles. The molecule has 1 heterocycles. The van der Waals surface area contributed by atoms with Crippen molar-refractivity contribution in [2.24, 2.45) is 0 Å². The first-order chi connectivity index (χ1) is 30.3. The summed E-state index contributed by atoms with van der Waals surface area (Å²) in [5, 5.41) is 17.7. The Kier molecular flexibility index (Phi) is 7.34. The van der Waals surface area contributed by atoms with E-state index in [-0.39, 0.29) is 0 Å². The van der Waals surface area contributed by atoms with E-state index in [1.54, 1.807) is 0 Å². The summed E-state index contributed by atoms with van der Waals surface area (Å²) in [6, 6.07) is 80.1. The molecule has 0 spiro atoms. The third-order valence-electron chi connectivity index (χ3n) is 12.9. The predicted octanol–water partition coefficient (Wildman–Crippen LogP) is 16.1. The van der Waals surface area contributed by atoms with E-state index >= 15 is 0 Å². The summed E-state index contributed by atoms with van der Waals surface area (Å²) in [5.74, 6) is 0.931. The van der Waals surface area contributed by atoms with Crippen LogP contribution in [-0.4, -0.2) is 9.55 Å². The second-order valence-electron chi connectivity index (χ2n) is 16.2. The molecule has 0 aliphatic carbocycles. The Morgan fingerprint density at radius 2 is 0.770 bits per heavy atom. The third kappa shape index (κ3) is 5.00. The molecule has 2 heteroatoms. The van der Waals surface area contributed by atoms with Crippen LogP contribution in [0.3, 0.4) is 0 Å². The molecule has 0 unspecified atom stereocenters. The van der Waals surface area contributed by atoms with Crippen LogP contribution < -0.4 is 0 Å². The van der Waals surface area contributed by atoms with Gasteiger partial charge in [0, 0.05) is 11.3 Å². The minimum atomic E-state index is 0.931. The first-order valence-electron chi connectivity index (χ1n) is 21.1. The molecule has 0 saturated carbocycles.